The molecule has 0 spiro atoms. The quantitative estimate of drug-likeness (QED) is 0.712. The number of nitrogens with zero attached hydrogens (tertiary/aromatic N) is 1. The molecule has 3 N–H and O–H groups in total. The zero-order valence-corrected chi connectivity index (χ0v) is 9.55. The van der Waals surface area contributed by atoms with E-state index in [9.17, 15) is 4.79 Å². The van der Waals surface area contributed by atoms with Gasteiger partial charge >= 0.3 is 0 Å². The van der Waals surface area contributed by atoms with Crippen LogP contribution in [0.15, 0.2) is 6.07 Å². The molecule has 1 aromatic heterocycles. The number of aromatic amines is 1. The van der Waals surface area contributed by atoms with E-state index in [1.165, 1.54) is 0 Å². The number of rotatable bonds is 3. The van der Waals surface area contributed by atoms with Crippen LogP contribution in [0.2, 0.25) is 0 Å². The van der Waals surface area contributed by atoms with Crippen LogP contribution in [0.25, 0.3) is 0 Å². The number of aromatic nitrogens is 2. The lowest BCUT2D eigenvalue weighted by atomic mass is 9.99. The van der Waals surface area contributed by atoms with Crippen LogP contribution in [0.5, 0.6) is 0 Å². The average molecular weight is 222 g/mol. The zero-order chi connectivity index (χ0) is 11.4. The molecule has 0 radical (unpaired) electrons. The second kappa shape index (κ2) is 5.12. The van der Waals surface area contributed by atoms with E-state index in [4.69, 9.17) is 0 Å². The Morgan fingerprint density at radius 1 is 1.69 bits per heavy atom. The predicted octanol–water partition coefficient (Wildman–Crippen LogP) is 0.910. The van der Waals surface area contributed by atoms with Gasteiger partial charge in [0, 0.05) is 18.3 Å². The molecular formula is C11H18N4O. The molecule has 2 heterocycles. The van der Waals surface area contributed by atoms with Gasteiger partial charge in [-0.15, -0.1) is 0 Å². The molecule has 0 unspecified atom stereocenters. The van der Waals surface area contributed by atoms with E-state index in [2.05, 4.69) is 20.8 Å². The Bertz CT molecular complexity index is 355. The number of amides is 1. The Hall–Kier alpha value is -1.36. The van der Waals surface area contributed by atoms with E-state index in [1.54, 1.807) is 0 Å². The average Bonchev–Trinajstić information content (AvgIpc) is 2.78. The normalized spacial score (nSPS) is 20.7. The highest BCUT2D eigenvalue weighted by molar-refractivity contribution is 5.91. The molecular weight excluding hydrogens is 204 g/mol. The third kappa shape index (κ3) is 2.61. The summed E-state index contributed by atoms with van der Waals surface area (Å²) in [5.41, 5.74) is 1.04. The Labute approximate surface area is 95.0 Å². The molecule has 0 saturated carbocycles. The largest absolute Gasteiger partial charge is 0.316 e. The number of aryl methyl sites for hydroxylation is 1. The third-order valence-corrected chi connectivity index (χ3v) is 2.93. The summed E-state index contributed by atoms with van der Waals surface area (Å²) in [6, 6.07) is 1.88. The summed E-state index contributed by atoms with van der Waals surface area (Å²) < 4.78 is 0. The molecule has 1 amide bonds. The van der Waals surface area contributed by atoms with Gasteiger partial charge in [0.1, 0.15) is 0 Å². The molecule has 0 aliphatic carbocycles. The van der Waals surface area contributed by atoms with Gasteiger partial charge in [-0.1, -0.05) is 6.92 Å². The topological polar surface area (TPSA) is 69.8 Å². The molecule has 1 aliphatic rings. The van der Waals surface area contributed by atoms with Gasteiger partial charge in [0.25, 0.3) is 0 Å². The molecule has 16 heavy (non-hydrogen) atoms. The van der Waals surface area contributed by atoms with Crippen LogP contribution >= 0.6 is 0 Å². The summed E-state index contributed by atoms with van der Waals surface area (Å²) in [4.78, 5) is 11.9. The fourth-order valence-electron chi connectivity index (χ4n) is 1.91. The van der Waals surface area contributed by atoms with Crippen LogP contribution in [0, 0.1) is 5.92 Å². The van der Waals surface area contributed by atoms with Crippen molar-refractivity contribution in [3.63, 3.8) is 0 Å². The Morgan fingerprint density at radius 2 is 2.56 bits per heavy atom. The molecule has 1 atom stereocenters. The van der Waals surface area contributed by atoms with Crippen molar-refractivity contribution in [1.82, 2.24) is 15.5 Å². The minimum Gasteiger partial charge on any atom is -0.316 e. The lowest BCUT2D eigenvalue weighted by molar-refractivity contribution is -0.120. The number of hydrogen-bond donors (Lipinski definition) is 3. The van der Waals surface area contributed by atoms with Gasteiger partial charge < -0.3 is 10.6 Å². The summed E-state index contributed by atoms with van der Waals surface area (Å²) >= 11 is 0. The van der Waals surface area contributed by atoms with Crippen molar-refractivity contribution in [1.29, 1.82) is 0 Å². The molecule has 88 valence electrons. The maximum atomic E-state index is 11.9. The van der Waals surface area contributed by atoms with E-state index >= 15 is 0 Å². The Kier molecular flexibility index (Phi) is 3.56. The van der Waals surface area contributed by atoms with Crippen molar-refractivity contribution in [3.05, 3.63) is 11.8 Å². The molecule has 2 rings (SSSR count). The number of piperidine rings is 1. The standard InChI is InChI=1S/C11H18N4O/c1-2-9-6-10(15-14-9)13-11(16)8-4-3-5-12-7-8/h6,8,12H,2-5,7H2,1H3,(H2,13,14,15,16)/t8-/m0/s1. The molecule has 1 saturated heterocycles. The highest BCUT2D eigenvalue weighted by Crippen LogP contribution is 2.13. The maximum Gasteiger partial charge on any atom is 0.229 e. The lowest BCUT2D eigenvalue weighted by Crippen LogP contribution is -2.37. The Balaban J connectivity index is 1.90. The summed E-state index contributed by atoms with van der Waals surface area (Å²) in [6.45, 7) is 3.84. The van der Waals surface area contributed by atoms with Gasteiger partial charge in [0.2, 0.25) is 5.91 Å². The molecule has 1 aromatic rings. The highest BCUT2D eigenvalue weighted by atomic mass is 16.2. The first-order valence-corrected chi connectivity index (χ1v) is 5.85. The zero-order valence-electron chi connectivity index (χ0n) is 9.55. The SMILES string of the molecule is CCc1cc(NC(=O)[C@H]2CCCNC2)n[nH]1. The van der Waals surface area contributed by atoms with E-state index in [-0.39, 0.29) is 11.8 Å². The number of carbonyl (C=O) groups is 1. The number of hydrogen-bond acceptors (Lipinski definition) is 3. The van der Waals surface area contributed by atoms with Crippen LogP contribution < -0.4 is 10.6 Å². The van der Waals surface area contributed by atoms with Gasteiger partial charge in [-0.2, -0.15) is 5.10 Å². The fraction of sp³-hybridized carbons (Fsp3) is 0.636. The predicted molar refractivity (Wildman–Crippen MR) is 62.2 cm³/mol. The lowest BCUT2D eigenvalue weighted by Gasteiger charge is -2.21. The van der Waals surface area contributed by atoms with E-state index in [1.807, 2.05) is 13.0 Å². The first kappa shape index (κ1) is 11.1. The van der Waals surface area contributed by atoms with Crippen LogP contribution in [-0.2, 0) is 11.2 Å². The van der Waals surface area contributed by atoms with E-state index < -0.39 is 0 Å². The molecule has 0 bridgehead atoms. The minimum absolute atomic E-state index is 0.0707. The van der Waals surface area contributed by atoms with Gasteiger partial charge in [-0.05, 0) is 25.8 Å². The summed E-state index contributed by atoms with van der Waals surface area (Å²) in [5.74, 6) is 0.782. The van der Waals surface area contributed by atoms with Crippen molar-refractivity contribution in [3.8, 4) is 0 Å². The fourth-order valence-corrected chi connectivity index (χ4v) is 1.91. The molecule has 1 fully saturated rings. The number of nitrogens with one attached hydrogen (secondary N) is 3. The maximum absolute atomic E-state index is 11.9. The van der Waals surface area contributed by atoms with E-state index in [0.29, 0.717) is 5.82 Å². The van der Waals surface area contributed by atoms with Crippen molar-refractivity contribution in [2.45, 2.75) is 26.2 Å². The molecule has 5 heteroatoms. The van der Waals surface area contributed by atoms with Crippen LogP contribution in [0.3, 0.4) is 0 Å². The number of anilines is 1. The molecule has 5 nitrogen and oxygen atoms in total. The first-order chi connectivity index (χ1) is 7.79. The highest BCUT2D eigenvalue weighted by Gasteiger charge is 2.21. The second-order valence-corrected chi connectivity index (χ2v) is 4.16. The van der Waals surface area contributed by atoms with Crippen molar-refractivity contribution in [2.24, 2.45) is 5.92 Å². The smallest absolute Gasteiger partial charge is 0.229 e. The minimum atomic E-state index is 0.0707. The second-order valence-electron chi connectivity index (χ2n) is 4.16. The summed E-state index contributed by atoms with van der Waals surface area (Å²) in [5, 5.41) is 13.0. The molecule has 0 aromatic carbocycles. The van der Waals surface area contributed by atoms with Crippen molar-refractivity contribution >= 4 is 11.7 Å². The first-order valence-electron chi connectivity index (χ1n) is 5.85. The van der Waals surface area contributed by atoms with Gasteiger partial charge in [-0.25, -0.2) is 0 Å². The summed E-state index contributed by atoms with van der Waals surface area (Å²) in [6.07, 6.45) is 2.93. The monoisotopic (exact) mass is 222 g/mol. The van der Waals surface area contributed by atoms with Gasteiger partial charge in [0.05, 0.1) is 5.92 Å². The number of H-pyrrole nitrogens is 1. The van der Waals surface area contributed by atoms with Crippen LogP contribution in [0.4, 0.5) is 5.82 Å². The Morgan fingerprint density at radius 3 is 3.19 bits per heavy atom. The van der Waals surface area contributed by atoms with Crippen LogP contribution in [-0.4, -0.2) is 29.2 Å². The molecule has 1 aliphatic heterocycles. The van der Waals surface area contributed by atoms with Crippen LogP contribution in [0.1, 0.15) is 25.5 Å². The summed E-state index contributed by atoms with van der Waals surface area (Å²) in [7, 11) is 0. The van der Waals surface area contributed by atoms with Crippen molar-refractivity contribution in [2.75, 3.05) is 18.4 Å². The van der Waals surface area contributed by atoms with Gasteiger partial charge in [0.15, 0.2) is 5.82 Å². The van der Waals surface area contributed by atoms with Crippen molar-refractivity contribution < 1.29 is 4.79 Å². The number of carbonyl (C=O) groups excluding carboxylic acids is 1. The third-order valence-electron chi connectivity index (χ3n) is 2.93. The van der Waals surface area contributed by atoms with Gasteiger partial charge in [-0.3, -0.25) is 9.89 Å². The van der Waals surface area contributed by atoms with E-state index in [0.717, 1.165) is 38.0 Å².